The Bertz CT molecular complexity index is 749. The SMILES string of the molecule is CC[C@H](C)[C@H](NC(=O)CSc1nnnn1-c1ccc(O)cc1)C(=O)OC. The molecule has 0 bridgehead atoms. The number of rotatable bonds is 8. The van der Waals surface area contributed by atoms with Crippen molar-refractivity contribution in [1.29, 1.82) is 0 Å². The number of aromatic nitrogens is 4. The van der Waals surface area contributed by atoms with Gasteiger partial charge in [0.05, 0.1) is 18.6 Å². The molecule has 2 N–H and O–H groups in total. The first-order chi connectivity index (χ1) is 12.5. The van der Waals surface area contributed by atoms with Gasteiger partial charge in [0.25, 0.3) is 0 Å². The third kappa shape index (κ3) is 4.94. The number of aromatic hydroxyl groups is 1. The van der Waals surface area contributed by atoms with Gasteiger partial charge in [-0.25, -0.2) is 4.79 Å². The minimum atomic E-state index is -0.689. The molecule has 2 atom stereocenters. The molecule has 1 aromatic heterocycles. The number of phenols is 1. The molecule has 0 aliphatic heterocycles. The summed E-state index contributed by atoms with van der Waals surface area (Å²) in [6, 6.07) is 5.67. The Kier molecular flexibility index (Phi) is 6.96. The van der Waals surface area contributed by atoms with Gasteiger partial charge < -0.3 is 15.2 Å². The smallest absolute Gasteiger partial charge is 0.328 e. The number of methoxy groups -OCH3 is 1. The summed E-state index contributed by atoms with van der Waals surface area (Å²) in [5.74, 6) is -0.645. The van der Waals surface area contributed by atoms with Crippen LogP contribution in [0.25, 0.3) is 5.69 Å². The van der Waals surface area contributed by atoms with Crippen molar-refractivity contribution in [2.45, 2.75) is 31.5 Å². The van der Waals surface area contributed by atoms with Gasteiger partial charge in [-0.15, -0.1) is 5.10 Å². The zero-order valence-electron chi connectivity index (χ0n) is 14.7. The number of amides is 1. The van der Waals surface area contributed by atoms with Crippen LogP contribution in [0.2, 0.25) is 0 Å². The summed E-state index contributed by atoms with van der Waals surface area (Å²) in [7, 11) is 1.30. The van der Waals surface area contributed by atoms with Crippen LogP contribution in [0.5, 0.6) is 5.75 Å². The highest BCUT2D eigenvalue weighted by atomic mass is 32.2. The summed E-state index contributed by atoms with van der Waals surface area (Å²) >= 11 is 1.14. The van der Waals surface area contributed by atoms with E-state index < -0.39 is 12.0 Å². The van der Waals surface area contributed by atoms with Crippen molar-refractivity contribution in [3.05, 3.63) is 24.3 Å². The van der Waals surface area contributed by atoms with Crippen molar-refractivity contribution in [3.63, 3.8) is 0 Å². The van der Waals surface area contributed by atoms with Gasteiger partial charge in [0, 0.05) is 0 Å². The number of ether oxygens (including phenoxy) is 1. The van der Waals surface area contributed by atoms with Gasteiger partial charge in [-0.05, 0) is 40.6 Å². The van der Waals surface area contributed by atoms with Crippen LogP contribution in [0.1, 0.15) is 20.3 Å². The predicted molar refractivity (Wildman–Crippen MR) is 94.9 cm³/mol. The molecule has 1 amide bonds. The number of hydrogen-bond acceptors (Lipinski definition) is 8. The second-order valence-electron chi connectivity index (χ2n) is 5.63. The summed E-state index contributed by atoms with van der Waals surface area (Å²) in [5.41, 5.74) is 0.655. The number of carbonyl (C=O) groups excluding carboxylic acids is 2. The quantitative estimate of drug-likeness (QED) is 0.518. The van der Waals surface area contributed by atoms with Crippen molar-refractivity contribution in [2.75, 3.05) is 12.9 Å². The van der Waals surface area contributed by atoms with Crippen LogP contribution in [0, 0.1) is 5.92 Å². The van der Waals surface area contributed by atoms with Crippen molar-refractivity contribution in [3.8, 4) is 11.4 Å². The molecule has 0 spiro atoms. The topological polar surface area (TPSA) is 119 Å². The molecule has 10 heteroatoms. The molecule has 0 saturated carbocycles. The Labute approximate surface area is 155 Å². The molecule has 0 aliphatic carbocycles. The Morgan fingerprint density at radius 3 is 2.65 bits per heavy atom. The molecular weight excluding hydrogens is 358 g/mol. The normalized spacial score (nSPS) is 13.0. The largest absolute Gasteiger partial charge is 0.508 e. The molecule has 0 unspecified atom stereocenters. The van der Waals surface area contributed by atoms with Gasteiger partial charge in [-0.2, -0.15) is 4.68 Å². The lowest BCUT2D eigenvalue weighted by Crippen LogP contribution is -2.46. The third-order valence-corrected chi connectivity index (χ3v) is 4.77. The lowest BCUT2D eigenvalue weighted by atomic mass is 9.99. The van der Waals surface area contributed by atoms with Gasteiger partial charge in [-0.1, -0.05) is 32.0 Å². The molecule has 0 radical (unpaired) electrons. The van der Waals surface area contributed by atoms with Crippen LogP contribution in [-0.4, -0.2) is 56.1 Å². The molecule has 140 valence electrons. The Morgan fingerprint density at radius 1 is 1.35 bits per heavy atom. The van der Waals surface area contributed by atoms with Crippen molar-refractivity contribution >= 4 is 23.6 Å². The van der Waals surface area contributed by atoms with E-state index in [0.717, 1.165) is 18.2 Å². The lowest BCUT2D eigenvalue weighted by Gasteiger charge is -2.21. The molecule has 0 fully saturated rings. The van der Waals surface area contributed by atoms with Gasteiger partial charge in [-0.3, -0.25) is 4.79 Å². The highest BCUT2D eigenvalue weighted by molar-refractivity contribution is 7.99. The number of nitrogens with zero attached hydrogens (tertiary/aromatic N) is 4. The van der Waals surface area contributed by atoms with E-state index in [1.54, 1.807) is 12.1 Å². The van der Waals surface area contributed by atoms with E-state index in [1.165, 1.54) is 23.9 Å². The Hall–Kier alpha value is -2.62. The predicted octanol–water partition coefficient (Wildman–Crippen LogP) is 1.16. The molecule has 2 aromatic rings. The first kappa shape index (κ1) is 19.7. The van der Waals surface area contributed by atoms with Crippen LogP contribution in [0.3, 0.4) is 0 Å². The Morgan fingerprint density at radius 2 is 2.04 bits per heavy atom. The summed E-state index contributed by atoms with van der Waals surface area (Å²) in [6.07, 6.45) is 0.728. The summed E-state index contributed by atoms with van der Waals surface area (Å²) in [5, 5.41) is 23.9. The molecule has 9 nitrogen and oxygen atoms in total. The number of benzene rings is 1. The molecular formula is C16H21N5O4S. The number of esters is 1. The van der Waals surface area contributed by atoms with Gasteiger partial charge in [0.1, 0.15) is 11.8 Å². The average molecular weight is 379 g/mol. The molecule has 2 rings (SSSR count). The van der Waals surface area contributed by atoms with Gasteiger partial charge >= 0.3 is 5.97 Å². The minimum Gasteiger partial charge on any atom is -0.508 e. The number of phenolic OH excluding ortho intramolecular Hbond substituents is 1. The monoisotopic (exact) mass is 379 g/mol. The number of carbonyl (C=O) groups is 2. The molecule has 1 aromatic carbocycles. The van der Waals surface area contributed by atoms with Crippen molar-refractivity contribution < 1.29 is 19.4 Å². The molecule has 0 aliphatic rings. The molecule has 1 heterocycles. The first-order valence-electron chi connectivity index (χ1n) is 8.04. The van der Waals surface area contributed by atoms with Gasteiger partial charge in [0.15, 0.2) is 0 Å². The maximum Gasteiger partial charge on any atom is 0.328 e. The molecule has 0 saturated heterocycles. The highest BCUT2D eigenvalue weighted by Crippen LogP contribution is 2.20. The average Bonchev–Trinajstić information content (AvgIpc) is 3.12. The summed E-state index contributed by atoms with van der Waals surface area (Å²) < 4.78 is 6.22. The van der Waals surface area contributed by atoms with E-state index in [1.807, 2.05) is 13.8 Å². The van der Waals surface area contributed by atoms with Crippen molar-refractivity contribution in [1.82, 2.24) is 25.5 Å². The fraction of sp³-hybridized carbons (Fsp3) is 0.438. The van der Waals surface area contributed by atoms with Crippen LogP contribution in [0.4, 0.5) is 0 Å². The summed E-state index contributed by atoms with van der Waals surface area (Å²) in [4.78, 5) is 24.1. The van der Waals surface area contributed by atoms with Crippen LogP contribution < -0.4 is 5.32 Å². The van der Waals surface area contributed by atoms with Crippen LogP contribution in [-0.2, 0) is 14.3 Å². The second-order valence-corrected chi connectivity index (χ2v) is 6.57. The van der Waals surface area contributed by atoms with E-state index in [4.69, 9.17) is 4.74 Å². The first-order valence-corrected chi connectivity index (χ1v) is 9.02. The van der Waals surface area contributed by atoms with E-state index in [2.05, 4.69) is 20.8 Å². The van der Waals surface area contributed by atoms with E-state index in [0.29, 0.717) is 10.8 Å². The van der Waals surface area contributed by atoms with Crippen LogP contribution in [0.15, 0.2) is 29.4 Å². The third-order valence-electron chi connectivity index (χ3n) is 3.85. The molecule has 26 heavy (non-hydrogen) atoms. The fourth-order valence-electron chi connectivity index (χ4n) is 2.17. The maximum absolute atomic E-state index is 12.2. The fourth-order valence-corrected chi connectivity index (χ4v) is 2.87. The number of hydrogen-bond donors (Lipinski definition) is 2. The zero-order valence-corrected chi connectivity index (χ0v) is 15.6. The summed E-state index contributed by atoms with van der Waals surface area (Å²) in [6.45, 7) is 3.81. The minimum absolute atomic E-state index is 0.0429. The lowest BCUT2D eigenvalue weighted by molar-refractivity contribution is -0.146. The van der Waals surface area contributed by atoms with Gasteiger partial charge in [0.2, 0.25) is 11.1 Å². The van der Waals surface area contributed by atoms with Crippen LogP contribution >= 0.6 is 11.8 Å². The van der Waals surface area contributed by atoms with E-state index in [-0.39, 0.29) is 23.3 Å². The van der Waals surface area contributed by atoms with E-state index >= 15 is 0 Å². The Balaban J connectivity index is 2.00. The second kappa shape index (κ2) is 9.18. The number of thioether (sulfide) groups is 1. The number of tetrazole rings is 1. The maximum atomic E-state index is 12.2. The van der Waals surface area contributed by atoms with E-state index in [9.17, 15) is 14.7 Å². The zero-order chi connectivity index (χ0) is 19.1. The standard InChI is InChI=1S/C16H21N5O4S/c1-4-10(2)14(15(24)25-3)17-13(23)9-26-16-18-19-20-21(16)11-5-7-12(22)8-6-11/h5-8,10,14,22H,4,9H2,1-3H3,(H,17,23)/t10-,14-/m0/s1. The van der Waals surface area contributed by atoms with Crippen molar-refractivity contribution in [2.24, 2.45) is 5.92 Å². The highest BCUT2D eigenvalue weighted by Gasteiger charge is 2.26. The number of nitrogens with one attached hydrogen (secondary N) is 1.